The number of hydrogen-bond donors (Lipinski definition) is 1. The number of amides is 2. The molecule has 0 saturated carbocycles. The summed E-state index contributed by atoms with van der Waals surface area (Å²) >= 11 is 0. The van der Waals surface area contributed by atoms with Gasteiger partial charge in [-0.1, -0.05) is 6.07 Å². The van der Waals surface area contributed by atoms with E-state index < -0.39 is 11.7 Å². The van der Waals surface area contributed by atoms with E-state index in [4.69, 9.17) is 14.2 Å². The van der Waals surface area contributed by atoms with E-state index in [0.29, 0.717) is 18.8 Å². The van der Waals surface area contributed by atoms with Crippen molar-refractivity contribution >= 4 is 12.0 Å². The Balaban J connectivity index is 1.81. The summed E-state index contributed by atoms with van der Waals surface area (Å²) in [6.45, 7) is 8.84. The molecular weight excluding hydrogens is 324 g/mol. The zero-order valence-corrected chi connectivity index (χ0v) is 15.3. The van der Waals surface area contributed by atoms with Crippen molar-refractivity contribution in [3.63, 3.8) is 0 Å². The van der Waals surface area contributed by atoms with Gasteiger partial charge in [-0.15, -0.1) is 0 Å². The maximum atomic E-state index is 12.4. The van der Waals surface area contributed by atoms with Crippen LogP contribution in [0.2, 0.25) is 0 Å². The number of hydrogen-bond acceptors (Lipinski definition) is 5. The van der Waals surface area contributed by atoms with Gasteiger partial charge in [0.25, 0.3) is 0 Å². The van der Waals surface area contributed by atoms with Gasteiger partial charge < -0.3 is 24.4 Å². The number of carbonyl (C=O) groups excluding carboxylic acids is 2. The number of fused-ring (bicyclic) bond motifs is 1. The molecule has 0 saturated heterocycles. The highest BCUT2D eigenvalue weighted by molar-refractivity contribution is 5.77. The molecule has 0 radical (unpaired) electrons. The summed E-state index contributed by atoms with van der Waals surface area (Å²) in [6, 6.07) is 5.65. The minimum Gasteiger partial charge on any atom is -0.454 e. The molecule has 0 spiro atoms. The fourth-order valence-electron chi connectivity index (χ4n) is 2.38. The first-order chi connectivity index (χ1) is 11.8. The van der Waals surface area contributed by atoms with Gasteiger partial charge in [0.15, 0.2) is 11.5 Å². The smallest absolute Gasteiger partial charge is 0.407 e. The van der Waals surface area contributed by atoms with Gasteiger partial charge in [0.05, 0.1) is 0 Å². The van der Waals surface area contributed by atoms with E-state index in [2.05, 4.69) is 5.32 Å². The fraction of sp³-hybridized carbons (Fsp3) is 0.556. The largest absolute Gasteiger partial charge is 0.454 e. The first-order valence-electron chi connectivity index (χ1n) is 8.41. The Morgan fingerprint density at radius 2 is 1.96 bits per heavy atom. The molecule has 1 aliphatic heterocycles. The molecule has 0 bridgehead atoms. The quantitative estimate of drug-likeness (QED) is 0.853. The highest BCUT2D eigenvalue weighted by atomic mass is 16.7. The first kappa shape index (κ1) is 18.9. The number of nitrogens with one attached hydrogen (secondary N) is 1. The van der Waals surface area contributed by atoms with E-state index in [9.17, 15) is 9.59 Å². The van der Waals surface area contributed by atoms with Crippen molar-refractivity contribution in [2.75, 3.05) is 19.9 Å². The molecule has 2 amide bonds. The van der Waals surface area contributed by atoms with Crippen LogP contribution in [0.5, 0.6) is 11.5 Å². The maximum Gasteiger partial charge on any atom is 0.407 e. The molecule has 0 fully saturated rings. The second-order valence-corrected chi connectivity index (χ2v) is 6.77. The molecule has 1 aliphatic rings. The van der Waals surface area contributed by atoms with Gasteiger partial charge >= 0.3 is 6.09 Å². The number of benzene rings is 1. The highest BCUT2D eigenvalue weighted by Gasteiger charge is 2.18. The lowest BCUT2D eigenvalue weighted by Crippen LogP contribution is -2.36. The van der Waals surface area contributed by atoms with Crippen molar-refractivity contribution in [1.82, 2.24) is 10.2 Å². The van der Waals surface area contributed by atoms with Gasteiger partial charge in [0.2, 0.25) is 12.7 Å². The van der Waals surface area contributed by atoms with Crippen LogP contribution in [-0.4, -0.2) is 42.4 Å². The molecule has 0 aromatic heterocycles. The maximum absolute atomic E-state index is 12.4. The molecule has 0 atom stereocenters. The third-order valence-electron chi connectivity index (χ3n) is 3.55. The monoisotopic (exact) mass is 350 g/mol. The van der Waals surface area contributed by atoms with Gasteiger partial charge in [-0.2, -0.15) is 0 Å². The second-order valence-electron chi connectivity index (χ2n) is 6.77. The third-order valence-corrected chi connectivity index (χ3v) is 3.55. The Hall–Kier alpha value is -2.44. The van der Waals surface area contributed by atoms with E-state index in [1.807, 2.05) is 25.1 Å². The van der Waals surface area contributed by atoms with Crippen LogP contribution in [-0.2, 0) is 16.1 Å². The van der Waals surface area contributed by atoms with Crippen molar-refractivity contribution in [1.29, 1.82) is 0 Å². The Labute approximate surface area is 148 Å². The van der Waals surface area contributed by atoms with E-state index in [0.717, 1.165) is 11.3 Å². The van der Waals surface area contributed by atoms with Crippen molar-refractivity contribution < 1.29 is 23.8 Å². The molecule has 1 aromatic rings. The van der Waals surface area contributed by atoms with E-state index in [1.165, 1.54) is 0 Å². The van der Waals surface area contributed by atoms with Gasteiger partial charge in [-0.3, -0.25) is 4.79 Å². The molecule has 138 valence electrons. The summed E-state index contributed by atoms with van der Waals surface area (Å²) in [6.07, 6.45) is -0.295. The molecule has 0 unspecified atom stereocenters. The molecule has 2 rings (SSSR count). The Kier molecular flexibility index (Phi) is 6.12. The zero-order valence-electron chi connectivity index (χ0n) is 15.3. The molecule has 7 nitrogen and oxygen atoms in total. The third kappa shape index (κ3) is 5.85. The van der Waals surface area contributed by atoms with Crippen LogP contribution in [0.4, 0.5) is 4.79 Å². The van der Waals surface area contributed by atoms with Crippen LogP contribution in [0.1, 0.15) is 39.7 Å². The summed E-state index contributed by atoms with van der Waals surface area (Å²) in [5.74, 6) is 1.39. The second kappa shape index (κ2) is 8.09. The molecule has 7 heteroatoms. The van der Waals surface area contributed by atoms with E-state index >= 15 is 0 Å². The molecular formula is C18H26N2O5. The number of ether oxygens (including phenoxy) is 3. The molecule has 1 heterocycles. The van der Waals surface area contributed by atoms with Crippen LogP contribution < -0.4 is 14.8 Å². The van der Waals surface area contributed by atoms with Crippen molar-refractivity contribution in [2.24, 2.45) is 0 Å². The highest BCUT2D eigenvalue weighted by Crippen LogP contribution is 2.32. The average molecular weight is 350 g/mol. The Morgan fingerprint density at radius 1 is 1.24 bits per heavy atom. The lowest BCUT2D eigenvalue weighted by atomic mass is 10.2. The fourth-order valence-corrected chi connectivity index (χ4v) is 2.38. The van der Waals surface area contributed by atoms with Crippen molar-refractivity contribution in [3.05, 3.63) is 23.8 Å². The number of alkyl carbamates (subject to hydrolysis) is 1. The van der Waals surface area contributed by atoms with Crippen LogP contribution in [0.15, 0.2) is 18.2 Å². The van der Waals surface area contributed by atoms with Crippen LogP contribution in [0, 0.1) is 0 Å². The Bertz CT molecular complexity index is 624. The topological polar surface area (TPSA) is 77.1 Å². The average Bonchev–Trinajstić information content (AvgIpc) is 2.98. The van der Waals surface area contributed by atoms with Crippen LogP contribution in [0.3, 0.4) is 0 Å². The number of nitrogens with zero attached hydrogens (tertiary/aromatic N) is 1. The van der Waals surface area contributed by atoms with Crippen LogP contribution in [0.25, 0.3) is 0 Å². The molecule has 25 heavy (non-hydrogen) atoms. The minimum atomic E-state index is -0.553. The lowest BCUT2D eigenvalue weighted by molar-refractivity contribution is -0.131. The summed E-state index contributed by atoms with van der Waals surface area (Å²) < 4.78 is 15.8. The van der Waals surface area contributed by atoms with Gasteiger partial charge in [0.1, 0.15) is 5.60 Å². The molecule has 1 aromatic carbocycles. The van der Waals surface area contributed by atoms with Gasteiger partial charge in [-0.05, 0) is 45.4 Å². The molecule has 1 N–H and O–H groups in total. The van der Waals surface area contributed by atoms with Gasteiger partial charge in [0, 0.05) is 26.1 Å². The first-order valence-corrected chi connectivity index (χ1v) is 8.41. The summed E-state index contributed by atoms with van der Waals surface area (Å²) in [7, 11) is 0. The summed E-state index contributed by atoms with van der Waals surface area (Å²) in [5.41, 5.74) is 0.419. The van der Waals surface area contributed by atoms with Crippen LogP contribution >= 0.6 is 0 Å². The van der Waals surface area contributed by atoms with Gasteiger partial charge in [-0.25, -0.2) is 4.79 Å². The predicted octanol–water partition coefficient (Wildman–Crippen LogP) is 2.68. The predicted molar refractivity (Wildman–Crippen MR) is 92.5 cm³/mol. The minimum absolute atomic E-state index is 0.0313. The zero-order chi connectivity index (χ0) is 18.4. The number of carbonyl (C=O) groups is 2. The standard InChI is InChI=1S/C18H26N2O5/c1-5-20(11-13-6-7-14-15(10-13)24-12-23-14)16(21)8-9-19-17(22)25-18(2,3)4/h6-7,10H,5,8-9,11-12H2,1-4H3,(H,19,22). The summed E-state index contributed by atoms with van der Waals surface area (Å²) in [4.78, 5) is 25.7. The SMILES string of the molecule is CCN(Cc1ccc2c(c1)OCO2)C(=O)CCNC(=O)OC(C)(C)C. The summed E-state index contributed by atoms with van der Waals surface area (Å²) in [5, 5.41) is 2.60. The Morgan fingerprint density at radius 3 is 2.64 bits per heavy atom. The van der Waals surface area contributed by atoms with Crippen molar-refractivity contribution in [2.45, 2.75) is 46.3 Å². The lowest BCUT2D eigenvalue weighted by Gasteiger charge is -2.22. The number of rotatable bonds is 6. The van der Waals surface area contributed by atoms with E-state index in [-0.39, 0.29) is 25.7 Å². The molecule has 0 aliphatic carbocycles. The van der Waals surface area contributed by atoms with E-state index in [1.54, 1.807) is 25.7 Å². The van der Waals surface area contributed by atoms with Crippen molar-refractivity contribution in [3.8, 4) is 11.5 Å². The normalized spacial score (nSPS) is 12.6.